The molecule has 198 valence electrons. The lowest BCUT2D eigenvalue weighted by Gasteiger charge is -2.26. The molecule has 0 bridgehead atoms. The monoisotopic (exact) mass is 513 g/mol. The van der Waals surface area contributed by atoms with Crippen LogP contribution in [0.2, 0.25) is 0 Å². The predicted molar refractivity (Wildman–Crippen MR) is 143 cm³/mol. The van der Waals surface area contributed by atoms with Crippen molar-refractivity contribution in [1.82, 2.24) is 20.4 Å². The number of anilines is 1. The molecule has 1 spiro atoms. The summed E-state index contributed by atoms with van der Waals surface area (Å²) in [6.07, 6.45) is 10.3. The number of rotatable bonds is 5. The van der Waals surface area contributed by atoms with Gasteiger partial charge in [-0.15, -0.1) is 0 Å². The molecule has 8 nitrogen and oxygen atoms in total. The molecule has 8 heteroatoms. The highest BCUT2D eigenvalue weighted by molar-refractivity contribution is 5.95. The van der Waals surface area contributed by atoms with Crippen LogP contribution in [0, 0.1) is 11.3 Å². The van der Waals surface area contributed by atoms with Gasteiger partial charge in [-0.1, -0.05) is 57.0 Å². The lowest BCUT2D eigenvalue weighted by molar-refractivity contribution is -0.118. The van der Waals surface area contributed by atoms with Gasteiger partial charge < -0.3 is 15.2 Å². The maximum atomic E-state index is 13.0. The zero-order chi connectivity index (χ0) is 26.5. The van der Waals surface area contributed by atoms with Gasteiger partial charge in [-0.05, 0) is 78.3 Å². The number of aryl methyl sites for hydroxylation is 1. The summed E-state index contributed by atoms with van der Waals surface area (Å²) in [5.41, 5.74) is 4.43. The minimum Gasteiger partial charge on any atom is -0.341 e. The topological polar surface area (TPSA) is 110 Å². The molecule has 2 fully saturated rings. The van der Waals surface area contributed by atoms with Crippen LogP contribution in [-0.4, -0.2) is 26.9 Å². The number of hydrogen-bond acceptors (Lipinski definition) is 6. The van der Waals surface area contributed by atoms with E-state index >= 15 is 0 Å². The van der Waals surface area contributed by atoms with E-state index in [0.717, 1.165) is 48.8 Å². The molecule has 2 saturated carbocycles. The summed E-state index contributed by atoms with van der Waals surface area (Å²) in [5.74, 6) is 1.02. The average molecular weight is 514 g/mol. The first-order valence-electron chi connectivity index (χ1n) is 13.8. The van der Waals surface area contributed by atoms with E-state index in [0.29, 0.717) is 17.1 Å². The van der Waals surface area contributed by atoms with Crippen molar-refractivity contribution in [3.8, 4) is 11.1 Å². The number of aromatic nitrogens is 3. The van der Waals surface area contributed by atoms with Crippen molar-refractivity contribution >= 4 is 17.6 Å². The third-order valence-electron chi connectivity index (χ3n) is 8.50. The standard InChI is InChI=1S/C30H35N5O3/c1-29(2,3)28-34-27(38-35-28)26(37)32-23-8-5-4-7-20-15-18(9-10-21(20)23)19-11-14-31-24(16-19)33-25(36)22-17-30(22)12-6-13-30/h9-11,14-16,22-23H,4-8,12-13,17H2,1-3H3,(H,32,37)(H,31,33,36). The Kier molecular flexibility index (Phi) is 6.08. The van der Waals surface area contributed by atoms with E-state index < -0.39 is 0 Å². The van der Waals surface area contributed by atoms with E-state index in [1.54, 1.807) is 6.20 Å². The molecule has 2 aromatic heterocycles. The molecule has 3 aliphatic rings. The molecular weight excluding hydrogens is 478 g/mol. The molecule has 2 N–H and O–H groups in total. The highest BCUT2D eigenvalue weighted by Crippen LogP contribution is 2.65. The molecule has 0 saturated heterocycles. The second-order valence-corrected chi connectivity index (χ2v) is 12.3. The van der Waals surface area contributed by atoms with Gasteiger partial charge in [0.2, 0.25) is 5.91 Å². The molecule has 0 aliphatic heterocycles. The van der Waals surface area contributed by atoms with Crippen LogP contribution in [0.3, 0.4) is 0 Å². The summed E-state index contributed by atoms with van der Waals surface area (Å²) in [5, 5.41) is 10.2. The van der Waals surface area contributed by atoms with Crippen LogP contribution < -0.4 is 10.6 Å². The van der Waals surface area contributed by atoms with Crippen molar-refractivity contribution in [3.63, 3.8) is 0 Å². The number of pyridine rings is 1. The average Bonchev–Trinajstić information content (AvgIpc) is 3.51. The van der Waals surface area contributed by atoms with Gasteiger partial charge in [-0.3, -0.25) is 9.59 Å². The number of fused-ring (bicyclic) bond motifs is 1. The number of amides is 2. The lowest BCUT2D eigenvalue weighted by atomic mass is 9.80. The number of benzene rings is 1. The summed E-state index contributed by atoms with van der Waals surface area (Å²) < 4.78 is 5.26. The summed E-state index contributed by atoms with van der Waals surface area (Å²) in [6, 6.07) is 10.2. The first-order chi connectivity index (χ1) is 18.2. The van der Waals surface area contributed by atoms with Crippen LogP contribution in [0.1, 0.15) is 99.4 Å². The zero-order valence-corrected chi connectivity index (χ0v) is 22.3. The molecule has 6 rings (SSSR count). The second kappa shape index (κ2) is 9.33. The van der Waals surface area contributed by atoms with Gasteiger partial charge in [0.25, 0.3) is 0 Å². The van der Waals surface area contributed by atoms with Crippen molar-refractivity contribution in [1.29, 1.82) is 0 Å². The number of nitrogens with zero attached hydrogens (tertiary/aromatic N) is 3. The third-order valence-corrected chi connectivity index (χ3v) is 8.50. The fourth-order valence-electron chi connectivity index (χ4n) is 5.95. The van der Waals surface area contributed by atoms with Crippen LogP contribution in [0.5, 0.6) is 0 Å². The van der Waals surface area contributed by atoms with Crippen LogP contribution in [0.4, 0.5) is 5.82 Å². The Morgan fingerprint density at radius 1 is 1.05 bits per heavy atom. The normalized spacial score (nSPS) is 21.7. The van der Waals surface area contributed by atoms with Crippen molar-refractivity contribution < 1.29 is 14.1 Å². The Bertz CT molecular complexity index is 1380. The number of carbonyl (C=O) groups is 2. The Morgan fingerprint density at radius 2 is 1.87 bits per heavy atom. The summed E-state index contributed by atoms with van der Waals surface area (Å²) >= 11 is 0. The Morgan fingerprint density at radius 3 is 2.58 bits per heavy atom. The number of carbonyl (C=O) groups excluding carboxylic acids is 2. The first kappa shape index (κ1) is 24.8. The smallest absolute Gasteiger partial charge is 0.315 e. The van der Waals surface area contributed by atoms with E-state index in [1.807, 2.05) is 32.9 Å². The van der Waals surface area contributed by atoms with Gasteiger partial charge >= 0.3 is 11.8 Å². The van der Waals surface area contributed by atoms with Gasteiger partial charge in [-0.2, -0.15) is 4.98 Å². The van der Waals surface area contributed by atoms with Gasteiger partial charge in [0, 0.05) is 17.5 Å². The molecule has 2 heterocycles. The van der Waals surface area contributed by atoms with Crippen LogP contribution >= 0.6 is 0 Å². The van der Waals surface area contributed by atoms with Crippen LogP contribution in [0.15, 0.2) is 41.1 Å². The minimum absolute atomic E-state index is 0.00173. The van der Waals surface area contributed by atoms with Crippen molar-refractivity contribution in [2.24, 2.45) is 11.3 Å². The van der Waals surface area contributed by atoms with Gasteiger partial charge in [0.1, 0.15) is 5.82 Å². The molecule has 1 aromatic carbocycles. The summed E-state index contributed by atoms with van der Waals surface area (Å²) in [7, 11) is 0. The van der Waals surface area contributed by atoms with E-state index in [9.17, 15) is 9.59 Å². The van der Waals surface area contributed by atoms with E-state index in [4.69, 9.17) is 4.52 Å². The van der Waals surface area contributed by atoms with Crippen molar-refractivity contribution in [2.75, 3.05) is 5.32 Å². The second-order valence-electron chi connectivity index (χ2n) is 12.3. The summed E-state index contributed by atoms with van der Waals surface area (Å²) in [6.45, 7) is 5.95. The first-order valence-corrected chi connectivity index (χ1v) is 13.8. The SMILES string of the molecule is CC(C)(C)c1noc(C(=O)NC2CCCCc3cc(-c4ccnc(NC(=O)C5CC56CCC6)c4)ccc32)n1. The fraction of sp³-hybridized carbons (Fsp3) is 0.500. The van der Waals surface area contributed by atoms with Crippen LogP contribution in [-0.2, 0) is 16.6 Å². The van der Waals surface area contributed by atoms with Gasteiger partial charge in [0.05, 0.1) is 6.04 Å². The van der Waals surface area contributed by atoms with Crippen LogP contribution in [0.25, 0.3) is 11.1 Å². The predicted octanol–water partition coefficient (Wildman–Crippen LogP) is 5.76. The van der Waals surface area contributed by atoms with E-state index in [-0.39, 0.29) is 35.1 Å². The molecule has 2 amide bonds. The van der Waals surface area contributed by atoms with E-state index in [1.165, 1.54) is 24.8 Å². The minimum atomic E-state index is -0.344. The van der Waals surface area contributed by atoms with E-state index in [2.05, 4.69) is 44.0 Å². The zero-order valence-electron chi connectivity index (χ0n) is 22.3. The molecule has 2 atom stereocenters. The molecule has 2 unspecified atom stereocenters. The maximum Gasteiger partial charge on any atom is 0.315 e. The van der Waals surface area contributed by atoms with Gasteiger partial charge in [0.15, 0.2) is 5.82 Å². The highest BCUT2D eigenvalue weighted by Gasteiger charge is 2.60. The highest BCUT2D eigenvalue weighted by atomic mass is 16.5. The lowest BCUT2D eigenvalue weighted by Crippen LogP contribution is -2.29. The maximum absolute atomic E-state index is 13.0. The quantitative estimate of drug-likeness (QED) is 0.420. The van der Waals surface area contributed by atoms with Crippen molar-refractivity contribution in [2.45, 2.75) is 83.6 Å². The van der Waals surface area contributed by atoms with Crippen molar-refractivity contribution in [3.05, 3.63) is 59.4 Å². The molecular formula is C30H35N5O3. The molecule has 3 aliphatic carbocycles. The Hall–Kier alpha value is -3.55. The number of hydrogen-bond donors (Lipinski definition) is 2. The molecule has 38 heavy (non-hydrogen) atoms. The van der Waals surface area contributed by atoms with Gasteiger partial charge in [-0.25, -0.2) is 4.98 Å². The Labute approximate surface area is 223 Å². The Balaban J connectivity index is 1.18. The fourth-order valence-corrected chi connectivity index (χ4v) is 5.95. The third kappa shape index (κ3) is 4.72. The number of nitrogens with one attached hydrogen (secondary N) is 2. The molecule has 0 radical (unpaired) electrons. The summed E-state index contributed by atoms with van der Waals surface area (Å²) in [4.78, 5) is 34.4. The largest absolute Gasteiger partial charge is 0.341 e. The molecule has 3 aromatic rings.